The SMILES string of the molecule is N#CCNC(=O)Nc1cc(Cl)ccn1. The summed E-state index contributed by atoms with van der Waals surface area (Å²) in [6.45, 7) is -0.0492. The third-order valence-corrected chi connectivity index (χ3v) is 1.53. The first-order chi connectivity index (χ1) is 6.72. The number of aromatic nitrogens is 1. The lowest BCUT2D eigenvalue weighted by atomic mass is 10.4. The van der Waals surface area contributed by atoms with E-state index in [-0.39, 0.29) is 6.54 Å². The van der Waals surface area contributed by atoms with Crippen molar-refractivity contribution in [1.29, 1.82) is 5.26 Å². The quantitative estimate of drug-likeness (QED) is 0.724. The Morgan fingerprint density at radius 3 is 3.14 bits per heavy atom. The third-order valence-electron chi connectivity index (χ3n) is 1.29. The molecule has 0 fully saturated rings. The van der Waals surface area contributed by atoms with Gasteiger partial charge in [0.1, 0.15) is 12.4 Å². The number of rotatable bonds is 2. The van der Waals surface area contributed by atoms with Crippen LogP contribution in [0.5, 0.6) is 0 Å². The Morgan fingerprint density at radius 2 is 2.50 bits per heavy atom. The van der Waals surface area contributed by atoms with Crippen molar-refractivity contribution < 1.29 is 4.79 Å². The summed E-state index contributed by atoms with van der Waals surface area (Å²) >= 11 is 5.67. The molecule has 0 atom stereocenters. The topological polar surface area (TPSA) is 77.8 Å². The maximum atomic E-state index is 11.0. The molecule has 1 aromatic rings. The van der Waals surface area contributed by atoms with Crippen LogP contribution in [0.4, 0.5) is 10.6 Å². The van der Waals surface area contributed by atoms with Gasteiger partial charge in [0.05, 0.1) is 6.07 Å². The normalized spacial score (nSPS) is 8.86. The standard InChI is InChI=1S/C8H7ClN4O/c9-6-1-3-11-7(5-6)13-8(14)12-4-2-10/h1,3,5H,4H2,(H2,11,12,13,14). The van der Waals surface area contributed by atoms with Gasteiger partial charge in [-0.1, -0.05) is 11.6 Å². The van der Waals surface area contributed by atoms with E-state index in [1.807, 2.05) is 0 Å². The number of pyridine rings is 1. The minimum absolute atomic E-state index is 0.0492. The number of carbonyl (C=O) groups excluding carboxylic acids is 1. The Bertz CT molecular complexity index is 374. The van der Waals surface area contributed by atoms with Crippen molar-refractivity contribution in [3.8, 4) is 6.07 Å². The van der Waals surface area contributed by atoms with Crippen molar-refractivity contribution in [2.75, 3.05) is 11.9 Å². The molecule has 0 aliphatic carbocycles. The predicted molar refractivity (Wildman–Crippen MR) is 51.9 cm³/mol. The molecule has 72 valence electrons. The first-order valence-corrected chi connectivity index (χ1v) is 4.13. The van der Waals surface area contributed by atoms with Gasteiger partial charge in [0.25, 0.3) is 0 Å². The summed E-state index contributed by atoms with van der Waals surface area (Å²) in [6, 6.07) is 4.40. The van der Waals surface area contributed by atoms with Crippen LogP contribution < -0.4 is 10.6 Å². The second-order valence-electron chi connectivity index (χ2n) is 2.33. The van der Waals surface area contributed by atoms with Crippen LogP contribution >= 0.6 is 11.6 Å². The highest BCUT2D eigenvalue weighted by atomic mass is 35.5. The molecule has 0 aromatic carbocycles. The summed E-state index contributed by atoms with van der Waals surface area (Å²) in [6.07, 6.45) is 1.47. The zero-order valence-corrected chi connectivity index (χ0v) is 7.88. The number of nitriles is 1. The molecule has 6 heteroatoms. The monoisotopic (exact) mass is 210 g/mol. The van der Waals surface area contributed by atoms with Crippen molar-refractivity contribution in [2.24, 2.45) is 0 Å². The van der Waals surface area contributed by atoms with E-state index >= 15 is 0 Å². The van der Waals surface area contributed by atoms with Gasteiger partial charge >= 0.3 is 6.03 Å². The highest BCUT2D eigenvalue weighted by Gasteiger charge is 2.01. The summed E-state index contributed by atoms with van der Waals surface area (Å²) in [7, 11) is 0. The van der Waals surface area contributed by atoms with Crippen molar-refractivity contribution >= 4 is 23.4 Å². The Morgan fingerprint density at radius 1 is 1.71 bits per heavy atom. The van der Waals surface area contributed by atoms with Gasteiger partial charge < -0.3 is 5.32 Å². The smallest absolute Gasteiger partial charge is 0.321 e. The second-order valence-corrected chi connectivity index (χ2v) is 2.76. The number of amides is 2. The molecule has 5 nitrogen and oxygen atoms in total. The van der Waals surface area contributed by atoms with E-state index in [1.165, 1.54) is 12.3 Å². The molecule has 0 unspecified atom stereocenters. The third kappa shape index (κ3) is 3.29. The molecular formula is C8H7ClN4O. The average Bonchev–Trinajstić information content (AvgIpc) is 2.15. The maximum Gasteiger partial charge on any atom is 0.321 e. The molecule has 0 saturated carbocycles. The molecule has 0 saturated heterocycles. The highest BCUT2D eigenvalue weighted by Crippen LogP contribution is 2.11. The highest BCUT2D eigenvalue weighted by molar-refractivity contribution is 6.30. The first-order valence-electron chi connectivity index (χ1n) is 3.75. The Kier molecular flexibility index (Phi) is 3.70. The molecule has 0 radical (unpaired) electrons. The predicted octanol–water partition coefficient (Wildman–Crippen LogP) is 1.38. The zero-order valence-electron chi connectivity index (χ0n) is 7.12. The molecule has 1 aromatic heterocycles. The molecule has 2 amide bonds. The first kappa shape index (κ1) is 10.3. The molecule has 0 aliphatic rings. The van der Waals surface area contributed by atoms with Gasteiger partial charge in [-0.2, -0.15) is 5.26 Å². The molecular weight excluding hydrogens is 204 g/mol. The lowest BCUT2D eigenvalue weighted by Crippen LogP contribution is -2.29. The van der Waals surface area contributed by atoms with Gasteiger partial charge in [-0.25, -0.2) is 9.78 Å². The summed E-state index contributed by atoms with van der Waals surface area (Å²) < 4.78 is 0. The lowest BCUT2D eigenvalue weighted by molar-refractivity contribution is 0.253. The van der Waals surface area contributed by atoms with Crippen LogP contribution in [-0.2, 0) is 0 Å². The summed E-state index contributed by atoms with van der Waals surface area (Å²) in [4.78, 5) is 14.9. The molecule has 1 rings (SSSR count). The lowest BCUT2D eigenvalue weighted by Gasteiger charge is -2.03. The van der Waals surface area contributed by atoms with Crippen LogP contribution in [0.2, 0.25) is 5.02 Å². The fourth-order valence-electron chi connectivity index (χ4n) is 0.753. The average molecular weight is 211 g/mol. The number of hydrogen-bond donors (Lipinski definition) is 2. The second kappa shape index (κ2) is 5.04. The molecule has 1 heterocycles. The molecule has 0 spiro atoms. The summed E-state index contributed by atoms with van der Waals surface area (Å²) in [5.41, 5.74) is 0. The summed E-state index contributed by atoms with van der Waals surface area (Å²) in [5, 5.41) is 13.4. The van der Waals surface area contributed by atoms with E-state index < -0.39 is 6.03 Å². The largest absolute Gasteiger partial charge is 0.325 e. The van der Waals surface area contributed by atoms with E-state index in [4.69, 9.17) is 16.9 Å². The number of nitrogens with one attached hydrogen (secondary N) is 2. The van der Waals surface area contributed by atoms with Gasteiger partial charge in [-0.05, 0) is 12.1 Å². The van der Waals surface area contributed by atoms with E-state index in [2.05, 4.69) is 15.6 Å². The zero-order chi connectivity index (χ0) is 10.4. The number of halogens is 1. The van der Waals surface area contributed by atoms with Gasteiger partial charge in [0.15, 0.2) is 0 Å². The van der Waals surface area contributed by atoms with Crippen LogP contribution in [0.25, 0.3) is 0 Å². The fourth-order valence-corrected chi connectivity index (χ4v) is 0.913. The number of nitrogens with zero attached hydrogens (tertiary/aromatic N) is 2. The van der Waals surface area contributed by atoms with Gasteiger partial charge in [-0.15, -0.1) is 0 Å². The fraction of sp³-hybridized carbons (Fsp3) is 0.125. The van der Waals surface area contributed by atoms with Gasteiger partial charge in [0.2, 0.25) is 0 Å². The number of urea groups is 1. The Balaban J connectivity index is 2.53. The molecule has 14 heavy (non-hydrogen) atoms. The van der Waals surface area contributed by atoms with E-state index in [0.717, 1.165) is 0 Å². The van der Waals surface area contributed by atoms with Gasteiger partial charge in [-0.3, -0.25) is 5.32 Å². The van der Waals surface area contributed by atoms with Gasteiger partial charge in [0, 0.05) is 11.2 Å². The van der Waals surface area contributed by atoms with E-state index in [1.54, 1.807) is 12.1 Å². The minimum Gasteiger partial charge on any atom is -0.325 e. The Labute approximate surface area is 85.7 Å². The summed E-state index contributed by atoms with van der Waals surface area (Å²) in [5.74, 6) is 0.341. The van der Waals surface area contributed by atoms with Crippen LogP contribution in [0, 0.1) is 11.3 Å². The number of anilines is 1. The van der Waals surface area contributed by atoms with Crippen molar-refractivity contribution in [3.05, 3.63) is 23.4 Å². The van der Waals surface area contributed by atoms with Crippen LogP contribution in [0.1, 0.15) is 0 Å². The maximum absolute atomic E-state index is 11.0. The van der Waals surface area contributed by atoms with E-state index in [9.17, 15) is 4.79 Å². The molecule has 0 bridgehead atoms. The minimum atomic E-state index is -0.485. The van der Waals surface area contributed by atoms with E-state index in [0.29, 0.717) is 10.8 Å². The van der Waals surface area contributed by atoms with Crippen LogP contribution in [0.3, 0.4) is 0 Å². The molecule has 0 aliphatic heterocycles. The molecule has 2 N–H and O–H groups in total. The number of hydrogen-bond acceptors (Lipinski definition) is 3. The van der Waals surface area contributed by atoms with Crippen molar-refractivity contribution in [1.82, 2.24) is 10.3 Å². The number of carbonyl (C=O) groups is 1. The van der Waals surface area contributed by atoms with Crippen molar-refractivity contribution in [3.63, 3.8) is 0 Å². The van der Waals surface area contributed by atoms with Crippen LogP contribution in [-0.4, -0.2) is 17.6 Å². The van der Waals surface area contributed by atoms with Crippen molar-refractivity contribution in [2.45, 2.75) is 0 Å². The van der Waals surface area contributed by atoms with Crippen LogP contribution in [0.15, 0.2) is 18.3 Å². The Hall–Kier alpha value is -1.80.